The first-order chi connectivity index (χ1) is 5.24. The second kappa shape index (κ2) is 2.80. The monoisotopic (exact) mass is 146 g/mol. The van der Waals surface area contributed by atoms with Crippen molar-refractivity contribution < 1.29 is 0 Å². The standard InChI is InChI=1S/C7H6N4/c8-3-6-2-1-5(4-11-6)7(9)10/h1-2,4H,(H3,9,10). The highest BCUT2D eigenvalue weighted by Gasteiger charge is 1.95. The SMILES string of the molecule is N#Cc1ccc(C(=N)N)cn1. The van der Waals surface area contributed by atoms with Gasteiger partial charge in [0.2, 0.25) is 0 Å². The summed E-state index contributed by atoms with van der Waals surface area (Å²) in [4.78, 5) is 3.74. The molecule has 0 spiro atoms. The lowest BCUT2D eigenvalue weighted by Crippen LogP contribution is -2.11. The van der Waals surface area contributed by atoms with E-state index in [0.717, 1.165) is 0 Å². The van der Waals surface area contributed by atoms with Crippen molar-refractivity contribution in [1.82, 2.24) is 4.98 Å². The van der Waals surface area contributed by atoms with E-state index in [1.54, 1.807) is 6.07 Å². The lowest BCUT2D eigenvalue weighted by atomic mass is 10.2. The molecular formula is C7H6N4. The minimum absolute atomic E-state index is 0.0398. The zero-order valence-electron chi connectivity index (χ0n) is 5.70. The van der Waals surface area contributed by atoms with E-state index < -0.39 is 0 Å². The number of pyridine rings is 1. The molecule has 0 bridgehead atoms. The number of aromatic nitrogens is 1. The van der Waals surface area contributed by atoms with E-state index in [1.807, 2.05) is 6.07 Å². The normalized spacial score (nSPS) is 8.64. The van der Waals surface area contributed by atoms with Crippen LogP contribution in [-0.4, -0.2) is 10.8 Å². The van der Waals surface area contributed by atoms with Crippen LogP contribution in [0.4, 0.5) is 0 Å². The highest BCUT2D eigenvalue weighted by molar-refractivity contribution is 5.94. The van der Waals surface area contributed by atoms with Gasteiger partial charge in [0.25, 0.3) is 0 Å². The second-order valence-corrected chi connectivity index (χ2v) is 1.96. The third-order valence-electron chi connectivity index (χ3n) is 1.19. The fraction of sp³-hybridized carbons (Fsp3) is 0. The minimum Gasteiger partial charge on any atom is -0.384 e. The molecule has 4 heteroatoms. The minimum atomic E-state index is -0.0398. The molecule has 0 aliphatic heterocycles. The number of nitrogen functional groups attached to an aromatic ring is 1. The average Bonchev–Trinajstić information content (AvgIpc) is 2.05. The lowest BCUT2D eigenvalue weighted by molar-refractivity contribution is 1.24. The summed E-state index contributed by atoms with van der Waals surface area (Å²) in [5, 5.41) is 15.4. The summed E-state index contributed by atoms with van der Waals surface area (Å²) in [5.41, 5.74) is 6.03. The Kier molecular flexibility index (Phi) is 1.83. The summed E-state index contributed by atoms with van der Waals surface area (Å²) < 4.78 is 0. The van der Waals surface area contributed by atoms with Gasteiger partial charge in [-0.25, -0.2) is 4.98 Å². The molecule has 11 heavy (non-hydrogen) atoms. The third-order valence-corrected chi connectivity index (χ3v) is 1.19. The van der Waals surface area contributed by atoms with Crippen molar-refractivity contribution in [2.24, 2.45) is 5.73 Å². The van der Waals surface area contributed by atoms with Crippen LogP contribution in [-0.2, 0) is 0 Å². The Morgan fingerprint density at radius 3 is 2.73 bits per heavy atom. The number of rotatable bonds is 1. The number of hydrogen-bond acceptors (Lipinski definition) is 3. The Balaban J connectivity index is 3.03. The van der Waals surface area contributed by atoms with Crippen LogP contribution >= 0.6 is 0 Å². The first-order valence-electron chi connectivity index (χ1n) is 2.94. The smallest absolute Gasteiger partial charge is 0.140 e. The number of nitrogens with zero attached hydrogens (tertiary/aromatic N) is 2. The maximum Gasteiger partial charge on any atom is 0.140 e. The van der Waals surface area contributed by atoms with Gasteiger partial charge < -0.3 is 5.73 Å². The van der Waals surface area contributed by atoms with E-state index in [0.29, 0.717) is 11.3 Å². The maximum atomic E-state index is 8.37. The molecule has 0 fully saturated rings. The van der Waals surface area contributed by atoms with Crippen molar-refractivity contribution in [2.45, 2.75) is 0 Å². The summed E-state index contributed by atoms with van der Waals surface area (Å²) in [7, 11) is 0. The molecule has 3 N–H and O–H groups in total. The molecule has 4 nitrogen and oxygen atoms in total. The van der Waals surface area contributed by atoms with Gasteiger partial charge in [-0.1, -0.05) is 0 Å². The summed E-state index contributed by atoms with van der Waals surface area (Å²) in [6, 6.07) is 4.99. The summed E-state index contributed by atoms with van der Waals surface area (Å²) in [5.74, 6) is -0.0398. The molecule has 0 aliphatic rings. The number of nitriles is 1. The van der Waals surface area contributed by atoms with E-state index in [4.69, 9.17) is 16.4 Å². The Morgan fingerprint density at radius 1 is 1.64 bits per heavy atom. The van der Waals surface area contributed by atoms with Gasteiger partial charge in [-0.2, -0.15) is 5.26 Å². The predicted molar refractivity (Wildman–Crippen MR) is 40.0 cm³/mol. The van der Waals surface area contributed by atoms with Gasteiger partial charge >= 0.3 is 0 Å². The summed E-state index contributed by atoms with van der Waals surface area (Å²) in [6.07, 6.45) is 1.40. The van der Waals surface area contributed by atoms with E-state index in [-0.39, 0.29) is 5.84 Å². The first-order valence-corrected chi connectivity index (χ1v) is 2.94. The van der Waals surface area contributed by atoms with Crippen LogP contribution in [0.3, 0.4) is 0 Å². The Hall–Kier alpha value is -1.89. The largest absolute Gasteiger partial charge is 0.384 e. The predicted octanol–water partition coefficient (Wildman–Crippen LogP) is 0.237. The van der Waals surface area contributed by atoms with Crippen molar-refractivity contribution in [3.63, 3.8) is 0 Å². The zero-order chi connectivity index (χ0) is 8.27. The van der Waals surface area contributed by atoms with Crippen LogP contribution in [0.2, 0.25) is 0 Å². The van der Waals surface area contributed by atoms with Crippen LogP contribution in [0.1, 0.15) is 11.3 Å². The molecule has 0 atom stereocenters. The molecule has 0 aromatic carbocycles. The van der Waals surface area contributed by atoms with Gasteiger partial charge in [-0.15, -0.1) is 0 Å². The molecular weight excluding hydrogens is 140 g/mol. The fourth-order valence-corrected chi connectivity index (χ4v) is 0.619. The summed E-state index contributed by atoms with van der Waals surface area (Å²) in [6.45, 7) is 0. The van der Waals surface area contributed by atoms with E-state index in [2.05, 4.69) is 4.98 Å². The van der Waals surface area contributed by atoms with E-state index in [1.165, 1.54) is 12.3 Å². The fourth-order valence-electron chi connectivity index (χ4n) is 0.619. The number of amidine groups is 1. The topological polar surface area (TPSA) is 86.5 Å². The van der Waals surface area contributed by atoms with Gasteiger partial charge in [0.1, 0.15) is 17.6 Å². The average molecular weight is 146 g/mol. The molecule has 0 aliphatic carbocycles. The van der Waals surface area contributed by atoms with E-state index in [9.17, 15) is 0 Å². The number of nitrogens with one attached hydrogen (secondary N) is 1. The van der Waals surface area contributed by atoms with Crippen LogP contribution in [0, 0.1) is 16.7 Å². The maximum absolute atomic E-state index is 8.37. The first kappa shape index (κ1) is 7.22. The Bertz CT molecular complexity index is 306. The van der Waals surface area contributed by atoms with Crippen LogP contribution in [0.25, 0.3) is 0 Å². The van der Waals surface area contributed by atoms with Crippen molar-refractivity contribution >= 4 is 5.84 Å². The van der Waals surface area contributed by atoms with Gasteiger partial charge in [-0.3, -0.25) is 5.41 Å². The van der Waals surface area contributed by atoms with Gasteiger partial charge in [0, 0.05) is 11.8 Å². The Morgan fingerprint density at radius 2 is 2.36 bits per heavy atom. The van der Waals surface area contributed by atoms with E-state index >= 15 is 0 Å². The quantitative estimate of drug-likeness (QED) is 0.439. The molecule has 0 saturated carbocycles. The van der Waals surface area contributed by atoms with Crippen LogP contribution in [0.5, 0.6) is 0 Å². The van der Waals surface area contributed by atoms with Crippen molar-refractivity contribution in [3.8, 4) is 6.07 Å². The van der Waals surface area contributed by atoms with Gasteiger partial charge in [0.15, 0.2) is 0 Å². The molecule has 1 aromatic heterocycles. The number of hydrogen-bond donors (Lipinski definition) is 2. The molecule has 0 radical (unpaired) electrons. The zero-order valence-corrected chi connectivity index (χ0v) is 5.70. The van der Waals surface area contributed by atoms with Crippen LogP contribution < -0.4 is 5.73 Å². The molecule has 0 saturated heterocycles. The van der Waals surface area contributed by atoms with Gasteiger partial charge in [0.05, 0.1) is 0 Å². The molecule has 1 aromatic rings. The van der Waals surface area contributed by atoms with Crippen molar-refractivity contribution in [3.05, 3.63) is 29.6 Å². The number of nitrogens with two attached hydrogens (primary N) is 1. The van der Waals surface area contributed by atoms with Crippen molar-refractivity contribution in [1.29, 1.82) is 10.7 Å². The molecule has 1 heterocycles. The second-order valence-electron chi connectivity index (χ2n) is 1.96. The Labute approximate surface area is 63.8 Å². The molecule has 0 unspecified atom stereocenters. The molecule has 54 valence electrons. The van der Waals surface area contributed by atoms with Gasteiger partial charge in [-0.05, 0) is 12.1 Å². The van der Waals surface area contributed by atoms with Crippen molar-refractivity contribution in [2.75, 3.05) is 0 Å². The van der Waals surface area contributed by atoms with Crippen LogP contribution in [0.15, 0.2) is 18.3 Å². The molecule has 0 amide bonds. The molecule has 1 rings (SSSR count). The highest BCUT2D eigenvalue weighted by atomic mass is 14.7. The third kappa shape index (κ3) is 1.52. The highest BCUT2D eigenvalue weighted by Crippen LogP contribution is 1.96. The summed E-state index contributed by atoms with van der Waals surface area (Å²) >= 11 is 0. The lowest BCUT2D eigenvalue weighted by Gasteiger charge is -1.94.